The van der Waals surface area contributed by atoms with Crippen molar-refractivity contribution in [1.82, 2.24) is 24.5 Å². The summed E-state index contributed by atoms with van der Waals surface area (Å²) < 4.78 is 54.1. The molecule has 1 N–H and O–H groups in total. The number of nitrogens with zero attached hydrogens (tertiary/aromatic N) is 5. The first kappa shape index (κ1) is 19.5. The predicted octanol–water partition coefficient (Wildman–Crippen LogP) is 4.63. The second-order valence-corrected chi connectivity index (χ2v) is 6.23. The van der Waals surface area contributed by atoms with Crippen molar-refractivity contribution >= 4 is 5.95 Å². The fraction of sp³-hybridized carbons (Fsp3) is 0.100. The van der Waals surface area contributed by atoms with Crippen molar-refractivity contribution in [2.24, 2.45) is 0 Å². The zero-order valence-electron chi connectivity index (χ0n) is 15.3. The van der Waals surface area contributed by atoms with Crippen LogP contribution in [0, 0.1) is 5.82 Å². The average molecular weight is 414 g/mol. The number of anilines is 1. The van der Waals surface area contributed by atoms with Crippen molar-refractivity contribution in [2.45, 2.75) is 12.8 Å². The van der Waals surface area contributed by atoms with Crippen molar-refractivity contribution in [2.75, 3.05) is 5.32 Å². The fourth-order valence-corrected chi connectivity index (χ4v) is 2.85. The van der Waals surface area contributed by atoms with Gasteiger partial charge >= 0.3 is 6.30 Å². The van der Waals surface area contributed by atoms with E-state index in [9.17, 15) is 17.6 Å². The molecule has 0 aliphatic carbocycles. The Kier molecular flexibility index (Phi) is 5.13. The predicted molar refractivity (Wildman–Crippen MR) is 102 cm³/mol. The monoisotopic (exact) mass is 414 g/mol. The summed E-state index contributed by atoms with van der Waals surface area (Å²) in [6, 6.07) is 11.8. The molecule has 0 atom stereocenters. The maximum Gasteiger partial charge on any atom is 0.490 e. The molecule has 1 aromatic carbocycles. The van der Waals surface area contributed by atoms with Crippen LogP contribution >= 0.6 is 0 Å². The van der Waals surface area contributed by atoms with Crippen LogP contribution in [0.25, 0.3) is 22.6 Å². The molecule has 0 aliphatic heterocycles. The number of aromatic nitrogens is 5. The number of alkyl halides is 3. The van der Waals surface area contributed by atoms with Crippen LogP contribution in [0.2, 0.25) is 0 Å². The summed E-state index contributed by atoms with van der Waals surface area (Å²) in [5, 5.41) is 2.94. The smallest absolute Gasteiger partial charge is 0.349 e. The first-order valence-corrected chi connectivity index (χ1v) is 8.79. The first-order chi connectivity index (χ1) is 14.4. The molecule has 0 saturated carbocycles. The summed E-state index contributed by atoms with van der Waals surface area (Å²) in [5.74, 6) is -0.364. The van der Waals surface area contributed by atoms with Crippen molar-refractivity contribution in [3.8, 4) is 22.6 Å². The van der Waals surface area contributed by atoms with Gasteiger partial charge in [-0.2, -0.15) is 0 Å². The minimum absolute atomic E-state index is 0.0164. The van der Waals surface area contributed by atoms with E-state index in [1.165, 1.54) is 24.4 Å². The first-order valence-electron chi connectivity index (χ1n) is 8.79. The summed E-state index contributed by atoms with van der Waals surface area (Å²) in [7, 11) is 0. The van der Waals surface area contributed by atoms with E-state index in [1.54, 1.807) is 18.3 Å². The van der Waals surface area contributed by atoms with E-state index in [1.807, 2.05) is 6.07 Å². The molecular formula is C20H14F4N6. The van der Waals surface area contributed by atoms with Gasteiger partial charge in [-0.3, -0.25) is 4.98 Å². The van der Waals surface area contributed by atoms with E-state index >= 15 is 0 Å². The largest absolute Gasteiger partial charge is 0.490 e. The molecule has 0 radical (unpaired) electrons. The Hall–Kier alpha value is -3.82. The molecule has 10 heteroatoms. The Balaban J connectivity index is 1.73. The number of rotatable bonds is 5. The highest BCUT2D eigenvalue weighted by molar-refractivity contribution is 5.77. The molecule has 4 rings (SSSR count). The average Bonchev–Trinajstić information content (AvgIpc) is 3.20. The van der Waals surface area contributed by atoms with Crippen LogP contribution in [0.3, 0.4) is 0 Å². The van der Waals surface area contributed by atoms with Crippen LogP contribution in [0.4, 0.5) is 23.5 Å². The van der Waals surface area contributed by atoms with Crippen LogP contribution in [-0.2, 0) is 12.8 Å². The van der Waals surface area contributed by atoms with Crippen molar-refractivity contribution < 1.29 is 17.6 Å². The van der Waals surface area contributed by atoms with E-state index in [-0.39, 0.29) is 27.6 Å². The van der Waals surface area contributed by atoms with E-state index in [4.69, 9.17) is 0 Å². The molecule has 0 saturated heterocycles. The van der Waals surface area contributed by atoms with Gasteiger partial charge in [0.05, 0.1) is 23.6 Å². The Bertz CT molecular complexity index is 1140. The second kappa shape index (κ2) is 7.90. The normalized spacial score (nSPS) is 11.5. The topological polar surface area (TPSA) is 68.5 Å². The molecule has 30 heavy (non-hydrogen) atoms. The molecule has 0 aliphatic rings. The van der Waals surface area contributed by atoms with Gasteiger partial charge in [0.15, 0.2) is 0 Å². The molecule has 0 amide bonds. The minimum atomic E-state index is -4.72. The lowest BCUT2D eigenvalue weighted by Crippen LogP contribution is -2.17. The van der Waals surface area contributed by atoms with Gasteiger partial charge in [-0.05, 0) is 42.5 Å². The van der Waals surface area contributed by atoms with Crippen molar-refractivity contribution in [1.29, 1.82) is 0 Å². The molecular weight excluding hydrogens is 400 g/mol. The number of hydrogen-bond acceptors (Lipinski definition) is 5. The molecule has 0 spiro atoms. The number of hydrogen-bond donors (Lipinski definition) is 1. The molecule has 0 unspecified atom stereocenters. The van der Waals surface area contributed by atoms with Crippen LogP contribution in [0.1, 0.15) is 5.69 Å². The maximum atomic E-state index is 13.6. The minimum Gasteiger partial charge on any atom is -0.349 e. The van der Waals surface area contributed by atoms with Gasteiger partial charge < -0.3 is 5.32 Å². The lowest BCUT2D eigenvalue weighted by Gasteiger charge is -2.13. The van der Waals surface area contributed by atoms with Gasteiger partial charge in [0.25, 0.3) is 0 Å². The van der Waals surface area contributed by atoms with Crippen LogP contribution in [-0.4, -0.2) is 24.5 Å². The standard InChI is InChI=1S/C20H14F4N6/c21-14-6-4-13(5-7-14)17-18(30(12-28-17)20(22,23)24)16-8-10-26-19(29-16)27-11-15-3-1-2-9-25-15/h1-10,12H,11H2,(H,26,27,29). The van der Waals surface area contributed by atoms with Crippen molar-refractivity contribution in [3.05, 3.63) is 78.8 Å². The highest BCUT2D eigenvalue weighted by atomic mass is 19.4. The van der Waals surface area contributed by atoms with E-state index < -0.39 is 12.1 Å². The summed E-state index contributed by atoms with van der Waals surface area (Å²) >= 11 is 0. The summed E-state index contributed by atoms with van der Waals surface area (Å²) in [4.78, 5) is 16.4. The number of nitrogens with one attached hydrogen (secondary N) is 1. The Morgan fingerprint density at radius 2 is 1.70 bits per heavy atom. The molecule has 3 heterocycles. The Morgan fingerprint density at radius 3 is 2.40 bits per heavy atom. The second-order valence-electron chi connectivity index (χ2n) is 6.23. The van der Waals surface area contributed by atoms with Gasteiger partial charge in [-0.1, -0.05) is 6.07 Å². The number of halogens is 4. The fourth-order valence-electron chi connectivity index (χ4n) is 2.85. The quantitative estimate of drug-likeness (QED) is 0.483. The zero-order valence-corrected chi connectivity index (χ0v) is 15.3. The summed E-state index contributed by atoms with van der Waals surface area (Å²) in [6.07, 6.45) is -1.05. The van der Waals surface area contributed by atoms with Gasteiger partial charge in [-0.25, -0.2) is 23.9 Å². The van der Waals surface area contributed by atoms with Crippen molar-refractivity contribution in [3.63, 3.8) is 0 Å². The third-order valence-electron chi connectivity index (χ3n) is 4.21. The Labute approximate surface area is 168 Å². The van der Waals surface area contributed by atoms with Crippen LogP contribution < -0.4 is 5.32 Å². The highest BCUT2D eigenvalue weighted by Crippen LogP contribution is 2.36. The molecule has 0 fully saturated rings. The zero-order chi connectivity index (χ0) is 21.1. The summed E-state index contributed by atoms with van der Waals surface area (Å²) in [6.45, 7) is 0.299. The van der Waals surface area contributed by atoms with Gasteiger partial charge in [0, 0.05) is 18.0 Å². The van der Waals surface area contributed by atoms with E-state index in [0.29, 0.717) is 18.4 Å². The maximum absolute atomic E-state index is 13.6. The number of imidazole rings is 1. The van der Waals surface area contributed by atoms with Gasteiger partial charge in [0.2, 0.25) is 5.95 Å². The number of benzene rings is 1. The molecule has 4 aromatic rings. The van der Waals surface area contributed by atoms with Crippen LogP contribution in [0.15, 0.2) is 67.3 Å². The van der Waals surface area contributed by atoms with Gasteiger partial charge in [-0.15, -0.1) is 13.2 Å². The lowest BCUT2D eigenvalue weighted by molar-refractivity contribution is -0.202. The van der Waals surface area contributed by atoms with E-state index in [0.717, 1.165) is 17.8 Å². The summed E-state index contributed by atoms with van der Waals surface area (Å²) in [5.41, 5.74) is 0.830. The SMILES string of the molecule is Fc1ccc(-c2ncn(C(F)(F)F)c2-c2ccnc(NCc3ccccn3)n2)cc1. The van der Waals surface area contributed by atoms with Crippen LogP contribution in [0.5, 0.6) is 0 Å². The number of pyridine rings is 1. The molecule has 3 aromatic heterocycles. The third kappa shape index (κ3) is 4.12. The van der Waals surface area contributed by atoms with E-state index in [2.05, 4.69) is 25.3 Å². The Morgan fingerprint density at radius 1 is 0.900 bits per heavy atom. The third-order valence-corrected chi connectivity index (χ3v) is 4.21. The molecule has 0 bridgehead atoms. The molecule has 6 nitrogen and oxygen atoms in total. The van der Waals surface area contributed by atoms with Gasteiger partial charge in [0.1, 0.15) is 17.8 Å². The highest BCUT2D eigenvalue weighted by Gasteiger charge is 2.35. The molecule has 152 valence electrons. The lowest BCUT2D eigenvalue weighted by atomic mass is 10.1.